The molecule has 0 fully saturated rings. The van der Waals surface area contributed by atoms with E-state index in [2.05, 4.69) is 41.7 Å². The Hall–Kier alpha value is -1.03. The van der Waals surface area contributed by atoms with E-state index in [4.69, 9.17) is 0 Å². The van der Waals surface area contributed by atoms with Crippen LogP contribution >= 0.6 is 24.0 Å². The Kier molecular flexibility index (Phi) is 10.4. The summed E-state index contributed by atoms with van der Waals surface area (Å²) in [5.41, 5.74) is 0.296. The van der Waals surface area contributed by atoms with Crippen molar-refractivity contribution in [2.45, 2.75) is 38.9 Å². The summed E-state index contributed by atoms with van der Waals surface area (Å²) in [6.07, 6.45) is -3.66. The Morgan fingerprint density at radius 3 is 2.00 bits per heavy atom. The zero-order valence-corrected chi connectivity index (χ0v) is 17.5. The van der Waals surface area contributed by atoms with Crippen LogP contribution < -0.4 is 16.0 Å². The topological polar surface area (TPSA) is 48.5 Å². The summed E-state index contributed by atoms with van der Waals surface area (Å²) in [5, 5.41) is 9.70. The summed E-state index contributed by atoms with van der Waals surface area (Å²) >= 11 is 0. The Morgan fingerprint density at radius 1 is 0.960 bits per heavy atom. The van der Waals surface area contributed by atoms with Crippen molar-refractivity contribution in [2.24, 2.45) is 4.99 Å². The van der Waals surface area contributed by atoms with Gasteiger partial charge >= 0.3 is 6.18 Å². The third-order valence-corrected chi connectivity index (χ3v) is 3.28. The molecule has 0 saturated carbocycles. The average molecular weight is 472 g/mol. The van der Waals surface area contributed by atoms with Crippen molar-refractivity contribution < 1.29 is 13.2 Å². The van der Waals surface area contributed by atoms with E-state index in [-0.39, 0.29) is 29.5 Å². The minimum atomic E-state index is -4.29. The van der Waals surface area contributed by atoms with Gasteiger partial charge in [0.2, 0.25) is 0 Å². The zero-order valence-electron chi connectivity index (χ0n) is 15.1. The first-order chi connectivity index (χ1) is 11.1. The number of rotatable bonds is 6. The van der Waals surface area contributed by atoms with Gasteiger partial charge in [-0.15, -0.1) is 24.0 Å². The van der Waals surface area contributed by atoms with Crippen molar-refractivity contribution in [3.63, 3.8) is 0 Å². The Balaban J connectivity index is 0.00000576. The fourth-order valence-electron chi connectivity index (χ4n) is 2.02. The lowest BCUT2D eigenvalue weighted by molar-refractivity contribution is -0.137. The third kappa shape index (κ3) is 10.5. The number of alkyl halides is 3. The molecule has 0 saturated heterocycles. The highest BCUT2D eigenvalue weighted by molar-refractivity contribution is 14.0. The number of hydrogen-bond donors (Lipinski definition) is 3. The predicted molar refractivity (Wildman–Crippen MR) is 108 cm³/mol. The molecule has 0 aromatic heterocycles. The molecule has 8 heteroatoms. The van der Waals surface area contributed by atoms with Gasteiger partial charge < -0.3 is 16.0 Å². The van der Waals surface area contributed by atoms with Crippen LogP contribution in [0.3, 0.4) is 0 Å². The zero-order chi connectivity index (χ0) is 18.2. The highest BCUT2D eigenvalue weighted by Gasteiger charge is 2.29. The first-order valence-corrected chi connectivity index (χ1v) is 7.97. The molecule has 1 aromatic carbocycles. The molecule has 0 amide bonds. The SMILES string of the molecule is CN=C(NCCNC(C)(C)C)NCCc1ccc(C(F)(F)F)cc1.I. The number of halogens is 4. The average Bonchev–Trinajstić information content (AvgIpc) is 2.48. The van der Waals surface area contributed by atoms with Crippen LogP contribution in [0.1, 0.15) is 31.9 Å². The van der Waals surface area contributed by atoms with E-state index in [1.54, 1.807) is 7.05 Å². The molecule has 0 radical (unpaired) electrons. The minimum absolute atomic E-state index is 0. The van der Waals surface area contributed by atoms with Gasteiger partial charge in [0.05, 0.1) is 5.56 Å². The van der Waals surface area contributed by atoms with Gasteiger partial charge in [-0.05, 0) is 44.9 Å². The molecular formula is C17H28F3IN4. The number of guanidine groups is 1. The van der Waals surface area contributed by atoms with Gasteiger partial charge in [-0.3, -0.25) is 4.99 Å². The normalized spacial score (nSPS) is 12.5. The monoisotopic (exact) mass is 472 g/mol. The van der Waals surface area contributed by atoms with Crippen LogP contribution in [-0.2, 0) is 12.6 Å². The molecule has 0 heterocycles. The first kappa shape index (κ1) is 24.0. The van der Waals surface area contributed by atoms with Crippen molar-refractivity contribution in [3.8, 4) is 0 Å². The molecule has 1 rings (SSSR count). The summed E-state index contributed by atoms with van der Waals surface area (Å²) in [7, 11) is 1.69. The van der Waals surface area contributed by atoms with E-state index in [0.29, 0.717) is 18.9 Å². The summed E-state index contributed by atoms with van der Waals surface area (Å²) in [4.78, 5) is 4.12. The van der Waals surface area contributed by atoms with Crippen molar-refractivity contribution in [2.75, 3.05) is 26.7 Å². The van der Waals surface area contributed by atoms with Crippen LogP contribution in [0.15, 0.2) is 29.3 Å². The van der Waals surface area contributed by atoms with Gasteiger partial charge in [-0.1, -0.05) is 12.1 Å². The maximum absolute atomic E-state index is 12.5. The highest BCUT2D eigenvalue weighted by atomic mass is 127. The fourth-order valence-corrected chi connectivity index (χ4v) is 2.02. The second-order valence-corrected chi connectivity index (χ2v) is 6.55. The molecule has 1 aromatic rings. The number of hydrogen-bond acceptors (Lipinski definition) is 2. The fraction of sp³-hybridized carbons (Fsp3) is 0.588. The lowest BCUT2D eigenvalue weighted by Gasteiger charge is -2.21. The quantitative estimate of drug-likeness (QED) is 0.258. The molecule has 0 aliphatic rings. The number of nitrogens with one attached hydrogen (secondary N) is 3. The van der Waals surface area contributed by atoms with Crippen molar-refractivity contribution in [3.05, 3.63) is 35.4 Å². The van der Waals surface area contributed by atoms with Gasteiger partial charge in [-0.2, -0.15) is 13.2 Å². The maximum Gasteiger partial charge on any atom is 0.416 e. The second kappa shape index (κ2) is 10.8. The highest BCUT2D eigenvalue weighted by Crippen LogP contribution is 2.29. The Labute approximate surface area is 165 Å². The first-order valence-electron chi connectivity index (χ1n) is 7.97. The molecule has 4 nitrogen and oxygen atoms in total. The minimum Gasteiger partial charge on any atom is -0.356 e. The molecule has 0 unspecified atom stereocenters. The van der Waals surface area contributed by atoms with Crippen LogP contribution in [0.2, 0.25) is 0 Å². The van der Waals surface area contributed by atoms with Gasteiger partial charge in [0.15, 0.2) is 5.96 Å². The van der Waals surface area contributed by atoms with Crippen LogP contribution in [0.5, 0.6) is 0 Å². The maximum atomic E-state index is 12.5. The predicted octanol–water partition coefficient (Wildman–Crippen LogP) is 3.42. The largest absolute Gasteiger partial charge is 0.416 e. The van der Waals surface area contributed by atoms with Crippen LogP contribution in [0, 0.1) is 0 Å². The van der Waals surface area contributed by atoms with Crippen LogP contribution in [0.25, 0.3) is 0 Å². The number of aliphatic imine (C=N–C) groups is 1. The molecular weight excluding hydrogens is 444 g/mol. The molecule has 144 valence electrons. The lowest BCUT2D eigenvalue weighted by Crippen LogP contribution is -2.44. The van der Waals surface area contributed by atoms with Crippen molar-refractivity contribution in [1.29, 1.82) is 0 Å². The van der Waals surface area contributed by atoms with Crippen molar-refractivity contribution in [1.82, 2.24) is 16.0 Å². The van der Waals surface area contributed by atoms with Crippen LogP contribution in [0.4, 0.5) is 13.2 Å². The number of nitrogens with zero attached hydrogens (tertiary/aromatic N) is 1. The summed E-state index contributed by atoms with van der Waals surface area (Å²) < 4.78 is 37.5. The Bertz CT molecular complexity index is 522. The summed E-state index contributed by atoms with van der Waals surface area (Å²) in [6.45, 7) is 8.44. The smallest absolute Gasteiger partial charge is 0.356 e. The van der Waals surface area contributed by atoms with E-state index in [9.17, 15) is 13.2 Å². The third-order valence-electron chi connectivity index (χ3n) is 3.28. The van der Waals surface area contributed by atoms with Crippen LogP contribution in [-0.4, -0.2) is 38.2 Å². The van der Waals surface area contributed by atoms with E-state index in [0.717, 1.165) is 30.8 Å². The van der Waals surface area contributed by atoms with E-state index in [1.807, 2.05) is 0 Å². The molecule has 25 heavy (non-hydrogen) atoms. The lowest BCUT2D eigenvalue weighted by atomic mass is 10.1. The molecule has 0 bridgehead atoms. The van der Waals surface area contributed by atoms with Gasteiger partial charge in [-0.25, -0.2) is 0 Å². The van der Waals surface area contributed by atoms with E-state index in [1.165, 1.54) is 12.1 Å². The summed E-state index contributed by atoms with van der Waals surface area (Å²) in [5.74, 6) is 0.678. The van der Waals surface area contributed by atoms with Crippen molar-refractivity contribution >= 4 is 29.9 Å². The van der Waals surface area contributed by atoms with Gasteiger partial charge in [0, 0.05) is 32.2 Å². The molecule has 3 N–H and O–H groups in total. The van der Waals surface area contributed by atoms with Gasteiger partial charge in [0.1, 0.15) is 0 Å². The molecule has 0 atom stereocenters. The number of benzene rings is 1. The van der Waals surface area contributed by atoms with E-state index >= 15 is 0 Å². The summed E-state index contributed by atoms with van der Waals surface area (Å²) in [6, 6.07) is 5.24. The standard InChI is InChI=1S/C17H27F3N4.HI/c1-16(2,3)24-12-11-23-15(21-4)22-10-9-13-5-7-14(8-6-13)17(18,19)20;/h5-8,24H,9-12H2,1-4H3,(H2,21,22,23);1H. The Morgan fingerprint density at radius 2 is 1.52 bits per heavy atom. The molecule has 0 spiro atoms. The molecule has 0 aliphatic heterocycles. The van der Waals surface area contributed by atoms with E-state index < -0.39 is 11.7 Å². The van der Waals surface area contributed by atoms with Gasteiger partial charge in [0.25, 0.3) is 0 Å². The molecule has 0 aliphatic carbocycles. The second-order valence-electron chi connectivity index (χ2n) is 6.55.